The number of halogens is 1. The van der Waals surface area contributed by atoms with E-state index in [2.05, 4.69) is 13.8 Å². The molecule has 0 heterocycles. The molecule has 0 atom stereocenters. The predicted molar refractivity (Wildman–Crippen MR) is 177 cm³/mol. The second-order valence-corrected chi connectivity index (χ2v) is 11.3. The number of hydrogen-bond donors (Lipinski definition) is 8. The van der Waals surface area contributed by atoms with Crippen LogP contribution >= 0.6 is 12.4 Å². The average molecular weight is 683 g/mol. The second kappa shape index (κ2) is 20.3. The van der Waals surface area contributed by atoms with Gasteiger partial charge in [0, 0.05) is 33.1 Å². The van der Waals surface area contributed by atoms with Crippen LogP contribution in [0.2, 0.25) is 0 Å². The summed E-state index contributed by atoms with van der Waals surface area (Å²) in [6, 6.07) is 21.0. The summed E-state index contributed by atoms with van der Waals surface area (Å²) >= 11 is 0. The van der Waals surface area contributed by atoms with E-state index in [1.807, 2.05) is 44.9 Å². The minimum atomic E-state index is -0.636. The van der Waals surface area contributed by atoms with Gasteiger partial charge < -0.3 is 51.1 Å². The van der Waals surface area contributed by atoms with E-state index in [1.54, 1.807) is 48.5 Å². The number of carbonyl (C=O) groups excluding carboxylic acids is 1. The van der Waals surface area contributed by atoms with E-state index in [0.717, 1.165) is 22.3 Å². The fourth-order valence-corrected chi connectivity index (χ4v) is 4.81. The minimum Gasteiger partial charge on any atom is -0.870 e. The Morgan fingerprint density at radius 1 is 0.489 bits per heavy atom. The van der Waals surface area contributed by atoms with Gasteiger partial charge >= 0.3 is 29.6 Å². The SMILES string of the molecule is C=O.CC(C)(c1cc(CO)c(O)c(CO)c1)c1cc(CO)c(O)c(CO)c1.CC(C)(c1ccc(O)cc1)c1ccc(O)cc1.Cl.[Na+].[OH-]. The number of hydrogen-bond acceptors (Lipinski definition) is 10. The van der Waals surface area contributed by atoms with Gasteiger partial charge in [0.05, 0.1) is 26.4 Å². The molecule has 0 aliphatic heterocycles. The molecule has 0 aliphatic rings. The van der Waals surface area contributed by atoms with Crippen LogP contribution in [0.3, 0.4) is 0 Å². The largest absolute Gasteiger partial charge is 1.00 e. The summed E-state index contributed by atoms with van der Waals surface area (Å²) in [6.07, 6.45) is 0. The van der Waals surface area contributed by atoms with E-state index in [-0.39, 0.29) is 102 Å². The molecule has 4 rings (SSSR count). The molecule has 0 radical (unpaired) electrons. The zero-order valence-corrected chi connectivity index (χ0v) is 30.1. The van der Waals surface area contributed by atoms with Gasteiger partial charge in [-0.15, -0.1) is 12.4 Å². The standard InChI is InChI=1S/C19H24O6.C15H16O2.CH2O.ClH.Na.H2O/c1-19(2,15-3-11(7-20)17(24)12(4-15)8-21)16-5-13(9-22)18(25)14(6-16)10-23;1-15(2,11-3-7-13(16)8-4-11)12-5-9-14(17)10-6-12;1-2;;;/h3-6,20-25H,7-10H2,1-2H3;3-10,16-17H,1-2H3;1H2;1H;;1H2/q;;;;+1;/p-1. The molecule has 0 spiro atoms. The van der Waals surface area contributed by atoms with Crippen LogP contribution in [0.5, 0.6) is 23.0 Å². The van der Waals surface area contributed by atoms with Crippen LogP contribution in [0.25, 0.3) is 0 Å². The Morgan fingerprint density at radius 2 is 0.702 bits per heavy atom. The normalized spacial score (nSPS) is 10.5. The van der Waals surface area contributed by atoms with Crippen molar-refractivity contribution in [1.29, 1.82) is 0 Å². The number of benzene rings is 4. The molecular weight excluding hydrogens is 639 g/mol. The molecule has 252 valence electrons. The van der Waals surface area contributed by atoms with Gasteiger partial charge in [-0.1, -0.05) is 52.0 Å². The van der Waals surface area contributed by atoms with Crippen molar-refractivity contribution in [1.82, 2.24) is 0 Å². The van der Waals surface area contributed by atoms with E-state index in [0.29, 0.717) is 22.3 Å². The predicted octanol–water partition coefficient (Wildman–Crippen LogP) is 1.88. The average Bonchev–Trinajstić information content (AvgIpc) is 3.02. The summed E-state index contributed by atoms with van der Waals surface area (Å²) < 4.78 is 0. The molecular formula is C35H44ClNaO10. The van der Waals surface area contributed by atoms with Crippen molar-refractivity contribution in [2.75, 3.05) is 0 Å². The van der Waals surface area contributed by atoms with Gasteiger partial charge in [-0.3, -0.25) is 0 Å². The van der Waals surface area contributed by atoms with Crippen LogP contribution in [0.1, 0.15) is 72.2 Å². The number of aromatic hydroxyl groups is 4. The summed E-state index contributed by atoms with van der Waals surface area (Å²) in [5, 5.41) is 76.5. The maximum absolute atomic E-state index is 10.0. The van der Waals surface area contributed by atoms with Crippen LogP contribution in [-0.4, -0.2) is 53.1 Å². The number of phenols is 4. The number of aliphatic hydroxyl groups is 4. The smallest absolute Gasteiger partial charge is 0.870 e. The molecule has 10 nitrogen and oxygen atoms in total. The summed E-state index contributed by atoms with van der Waals surface area (Å²) in [5.41, 5.74) is 4.15. The van der Waals surface area contributed by atoms with Crippen molar-refractivity contribution in [3.63, 3.8) is 0 Å². The molecule has 0 saturated carbocycles. The Hall–Kier alpha value is -3.16. The van der Waals surface area contributed by atoms with Gasteiger partial charge in [0.1, 0.15) is 29.8 Å². The first-order chi connectivity index (χ1) is 20.8. The topological polar surface area (TPSA) is 209 Å². The van der Waals surface area contributed by atoms with E-state index < -0.39 is 5.41 Å². The maximum atomic E-state index is 10.0. The van der Waals surface area contributed by atoms with Crippen molar-refractivity contribution in [3.8, 4) is 23.0 Å². The fourth-order valence-electron chi connectivity index (χ4n) is 4.81. The van der Waals surface area contributed by atoms with Gasteiger partial charge in [-0.05, 0) is 70.8 Å². The summed E-state index contributed by atoms with van der Waals surface area (Å²) in [4.78, 5) is 8.00. The molecule has 12 heteroatoms. The van der Waals surface area contributed by atoms with Gasteiger partial charge in [-0.25, -0.2) is 0 Å². The van der Waals surface area contributed by atoms with Crippen molar-refractivity contribution in [2.45, 2.75) is 65.0 Å². The molecule has 47 heavy (non-hydrogen) atoms. The van der Waals surface area contributed by atoms with Crippen LogP contribution in [-0.2, 0) is 42.1 Å². The molecule has 4 aromatic rings. The van der Waals surface area contributed by atoms with Crippen LogP contribution in [0.15, 0.2) is 72.8 Å². The number of rotatable bonds is 8. The van der Waals surface area contributed by atoms with Gasteiger partial charge in [0.2, 0.25) is 0 Å². The molecule has 0 aliphatic carbocycles. The Kier molecular flexibility index (Phi) is 19.8. The number of phenolic OH excluding ortho intramolecular Hbond substituents is 2. The Morgan fingerprint density at radius 3 is 0.915 bits per heavy atom. The van der Waals surface area contributed by atoms with E-state index in [1.165, 1.54) is 0 Å². The monoisotopic (exact) mass is 682 g/mol. The third-order valence-electron chi connectivity index (χ3n) is 7.84. The Bertz CT molecular complexity index is 1360. The molecule has 0 fully saturated rings. The molecule has 0 aromatic heterocycles. The summed E-state index contributed by atoms with van der Waals surface area (Å²) in [5.74, 6) is 0.273. The second-order valence-electron chi connectivity index (χ2n) is 11.3. The van der Waals surface area contributed by atoms with Crippen molar-refractivity contribution >= 4 is 19.2 Å². The zero-order valence-electron chi connectivity index (χ0n) is 27.3. The quantitative estimate of drug-likeness (QED) is 0.127. The third kappa shape index (κ3) is 10.9. The van der Waals surface area contributed by atoms with Crippen LogP contribution in [0, 0.1) is 0 Å². The maximum Gasteiger partial charge on any atom is 1.00 e. The van der Waals surface area contributed by atoms with E-state index >= 15 is 0 Å². The van der Waals surface area contributed by atoms with E-state index in [4.69, 9.17) is 4.79 Å². The first kappa shape index (κ1) is 46.0. The third-order valence-corrected chi connectivity index (χ3v) is 7.84. The fraction of sp³-hybridized carbons (Fsp3) is 0.286. The van der Waals surface area contributed by atoms with Crippen LogP contribution < -0.4 is 29.6 Å². The number of carbonyl (C=O) groups is 1. The molecule has 4 aromatic carbocycles. The molecule has 0 unspecified atom stereocenters. The Balaban J connectivity index is 0. The zero-order chi connectivity index (χ0) is 33.2. The van der Waals surface area contributed by atoms with Crippen LogP contribution in [0.4, 0.5) is 0 Å². The van der Waals surface area contributed by atoms with Gasteiger partial charge in [0.15, 0.2) is 0 Å². The first-order valence-corrected chi connectivity index (χ1v) is 13.8. The molecule has 0 amide bonds. The molecule has 0 saturated heterocycles. The van der Waals surface area contributed by atoms with Gasteiger partial charge in [0.25, 0.3) is 0 Å². The molecule has 9 N–H and O–H groups in total. The first-order valence-electron chi connectivity index (χ1n) is 13.8. The summed E-state index contributed by atoms with van der Waals surface area (Å²) in [7, 11) is 0. The number of aliphatic hydroxyl groups excluding tert-OH is 4. The molecule has 0 bridgehead atoms. The van der Waals surface area contributed by atoms with Crippen molar-refractivity contribution < 1.29 is 80.7 Å². The Labute approximate surface area is 303 Å². The van der Waals surface area contributed by atoms with Crippen molar-refractivity contribution in [2.24, 2.45) is 0 Å². The van der Waals surface area contributed by atoms with Gasteiger partial charge in [-0.2, -0.15) is 0 Å². The minimum absolute atomic E-state index is 0. The summed E-state index contributed by atoms with van der Waals surface area (Å²) in [6.45, 7) is 8.54. The van der Waals surface area contributed by atoms with Crippen molar-refractivity contribution in [3.05, 3.63) is 117 Å². The van der Waals surface area contributed by atoms with E-state index in [9.17, 15) is 40.9 Å².